The lowest BCUT2D eigenvalue weighted by Gasteiger charge is -2.24. The minimum atomic E-state index is -0.460. The van der Waals surface area contributed by atoms with Gasteiger partial charge in [-0.2, -0.15) is 0 Å². The average Bonchev–Trinajstić information content (AvgIpc) is 3.09. The summed E-state index contributed by atoms with van der Waals surface area (Å²) < 4.78 is 5.44. The Labute approximate surface area is 140 Å². The fraction of sp³-hybridized carbons (Fsp3) is 0.444. The van der Waals surface area contributed by atoms with Crippen LogP contribution in [0.5, 0.6) is 0 Å². The summed E-state index contributed by atoms with van der Waals surface area (Å²) in [5.41, 5.74) is 2.17. The van der Waals surface area contributed by atoms with Crippen LogP contribution in [0, 0.1) is 6.92 Å². The zero-order chi connectivity index (χ0) is 17.1. The number of pyridine rings is 1. The Hall–Kier alpha value is -2.18. The maximum atomic E-state index is 12.5. The number of aromatic amines is 1. The van der Waals surface area contributed by atoms with Crippen LogP contribution in [-0.2, 0) is 16.1 Å². The summed E-state index contributed by atoms with van der Waals surface area (Å²) in [6.45, 7) is 2.77. The number of amides is 1. The summed E-state index contributed by atoms with van der Waals surface area (Å²) in [6.07, 6.45) is 1.09. The summed E-state index contributed by atoms with van der Waals surface area (Å²) in [6, 6.07) is 7.62. The predicted octanol–water partition coefficient (Wildman–Crippen LogP) is 1.34. The van der Waals surface area contributed by atoms with Gasteiger partial charge in [-0.25, -0.2) is 0 Å². The summed E-state index contributed by atoms with van der Waals surface area (Å²) in [5.74, 6) is -0.162. The molecule has 1 aliphatic heterocycles. The first-order chi connectivity index (χ1) is 11.6. The van der Waals surface area contributed by atoms with Gasteiger partial charge in [-0.05, 0) is 43.4 Å². The van der Waals surface area contributed by atoms with Crippen LogP contribution in [0.4, 0.5) is 0 Å². The highest BCUT2D eigenvalue weighted by Crippen LogP contribution is 2.17. The zero-order valence-electron chi connectivity index (χ0n) is 13.7. The van der Waals surface area contributed by atoms with Crippen LogP contribution in [0.1, 0.15) is 24.0 Å². The fourth-order valence-corrected chi connectivity index (χ4v) is 3.06. The smallest absolute Gasteiger partial charge is 0.253 e. The highest BCUT2D eigenvalue weighted by molar-refractivity contribution is 5.82. The number of fused-ring (bicyclic) bond motifs is 1. The van der Waals surface area contributed by atoms with Crippen LogP contribution in [-0.4, -0.2) is 46.8 Å². The van der Waals surface area contributed by atoms with Crippen LogP contribution >= 0.6 is 0 Å². The molecule has 3 rings (SSSR count). The summed E-state index contributed by atoms with van der Waals surface area (Å²) >= 11 is 0. The molecule has 1 aromatic heterocycles. The Balaban J connectivity index is 1.88. The molecule has 1 aromatic carbocycles. The Morgan fingerprint density at radius 3 is 2.96 bits per heavy atom. The molecular weight excluding hydrogens is 308 g/mol. The van der Waals surface area contributed by atoms with Crippen molar-refractivity contribution < 1.29 is 14.6 Å². The molecule has 1 aliphatic rings. The van der Waals surface area contributed by atoms with Gasteiger partial charge in [0, 0.05) is 24.2 Å². The summed E-state index contributed by atoms with van der Waals surface area (Å²) in [4.78, 5) is 29.2. The molecule has 2 aromatic rings. The van der Waals surface area contributed by atoms with Crippen LogP contribution in [0.3, 0.4) is 0 Å². The molecule has 0 bridgehead atoms. The van der Waals surface area contributed by atoms with E-state index in [0.717, 1.165) is 22.9 Å². The van der Waals surface area contributed by atoms with Gasteiger partial charge in [-0.3, -0.25) is 9.59 Å². The van der Waals surface area contributed by atoms with Crippen molar-refractivity contribution in [2.75, 3.05) is 19.8 Å². The van der Waals surface area contributed by atoms with E-state index in [1.165, 1.54) is 4.90 Å². The van der Waals surface area contributed by atoms with Crippen LogP contribution in [0.15, 0.2) is 29.1 Å². The average molecular weight is 330 g/mol. The first-order valence-corrected chi connectivity index (χ1v) is 8.22. The van der Waals surface area contributed by atoms with Gasteiger partial charge in [0.2, 0.25) is 0 Å². The molecule has 2 N–H and O–H groups in total. The minimum absolute atomic E-state index is 0.150. The van der Waals surface area contributed by atoms with Crippen molar-refractivity contribution in [1.29, 1.82) is 0 Å². The van der Waals surface area contributed by atoms with Gasteiger partial charge in [0.15, 0.2) is 0 Å². The molecule has 1 amide bonds. The van der Waals surface area contributed by atoms with Crippen molar-refractivity contribution >= 4 is 16.8 Å². The molecule has 6 nitrogen and oxygen atoms in total. The molecule has 0 spiro atoms. The third-order valence-corrected chi connectivity index (χ3v) is 4.32. The molecule has 0 saturated carbocycles. The molecular formula is C18H22N2O4. The lowest BCUT2D eigenvalue weighted by atomic mass is 10.1. The fourth-order valence-electron chi connectivity index (χ4n) is 3.06. The maximum absolute atomic E-state index is 12.5. The second-order valence-corrected chi connectivity index (χ2v) is 6.20. The Morgan fingerprint density at radius 2 is 2.25 bits per heavy atom. The third-order valence-electron chi connectivity index (χ3n) is 4.32. The second kappa shape index (κ2) is 7.15. The number of aryl methyl sites for hydroxylation is 1. The summed E-state index contributed by atoms with van der Waals surface area (Å²) in [5, 5.41) is 10.2. The van der Waals surface area contributed by atoms with E-state index in [1.807, 2.05) is 31.2 Å². The van der Waals surface area contributed by atoms with Crippen molar-refractivity contribution in [3.05, 3.63) is 45.7 Å². The van der Waals surface area contributed by atoms with E-state index < -0.39 is 6.10 Å². The van der Waals surface area contributed by atoms with Crippen molar-refractivity contribution in [2.24, 2.45) is 0 Å². The van der Waals surface area contributed by atoms with Crippen LogP contribution < -0.4 is 5.56 Å². The Kier molecular flexibility index (Phi) is 4.97. The normalized spacial score (nSPS) is 17.3. The van der Waals surface area contributed by atoms with E-state index in [4.69, 9.17) is 4.74 Å². The van der Waals surface area contributed by atoms with Crippen LogP contribution in [0.2, 0.25) is 0 Å². The number of rotatable bonds is 5. The minimum Gasteiger partial charge on any atom is -0.395 e. The molecule has 24 heavy (non-hydrogen) atoms. The van der Waals surface area contributed by atoms with Crippen molar-refractivity contribution in [2.45, 2.75) is 32.4 Å². The number of H-pyrrole nitrogens is 1. The maximum Gasteiger partial charge on any atom is 0.253 e. The van der Waals surface area contributed by atoms with E-state index in [9.17, 15) is 14.7 Å². The number of ether oxygens (including phenoxy) is 1. The number of nitrogens with zero attached hydrogens (tertiary/aromatic N) is 1. The highest BCUT2D eigenvalue weighted by Gasteiger charge is 2.28. The number of aromatic nitrogens is 1. The lowest BCUT2D eigenvalue weighted by Crippen LogP contribution is -2.41. The Morgan fingerprint density at radius 1 is 1.42 bits per heavy atom. The molecule has 128 valence electrons. The number of nitrogens with one attached hydrogen (secondary N) is 1. The molecule has 1 unspecified atom stereocenters. The molecule has 1 fully saturated rings. The van der Waals surface area contributed by atoms with Crippen molar-refractivity contribution in [1.82, 2.24) is 9.88 Å². The van der Waals surface area contributed by atoms with E-state index in [0.29, 0.717) is 18.6 Å². The number of hydrogen-bond donors (Lipinski definition) is 2. The van der Waals surface area contributed by atoms with E-state index in [2.05, 4.69) is 4.98 Å². The lowest BCUT2D eigenvalue weighted by molar-refractivity contribution is -0.142. The van der Waals surface area contributed by atoms with Gasteiger partial charge in [0.05, 0.1) is 13.2 Å². The SMILES string of the molecule is Cc1ccc2[nH]c(=O)c(CN(CCO)C(=O)C3CCCO3)cc2c1. The Bertz CT molecular complexity index is 793. The van der Waals surface area contributed by atoms with Gasteiger partial charge in [0.1, 0.15) is 6.10 Å². The molecule has 1 atom stereocenters. The summed E-state index contributed by atoms with van der Waals surface area (Å²) in [7, 11) is 0. The second-order valence-electron chi connectivity index (χ2n) is 6.20. The number of aliphatic hydroxyl groups is 1. The third kappa shape index (κ3) is 3.49. The monoisotopic (exact) mass is 330 g/mol. The number of carbonyl (C=O) groups is 1. The largest absolute Gasteiger partial charge is 0.395 e. The van der Waals surface area contributed by atoms with Crippen molar-refractivity contribution in [3.8, 4) is 0 Å². The van der Waals surface area contributed by atoms with Gasteiger partial charge >= 0.3 is 0 Å². The number of carbonyl (C=O) groups excluding carboxylic acids is 1. The van der Waals surface area contributed by atoms with Crippen LogP contribution in [0.25, 0.3) is 10.9 Å². The van der Waals surface area contributed by atoms with Gasteiger partial charge < -0.3 is 19.7 Å². The number of aliphatic hydroxyl groups excluding tert-OH is 1. The predicted molar refractivity (Wildman–Crippen MR) is 90.8 cm³/mol. The van der Waals surface area contributed by atoms with E-state index in [1.54, 1.807) is 0 Å². The molecule has 1 saturated heterocycles. The standard InChI is InChI=1S/C18H22N2O4/c1-12-4-5-15-13(9-12)10-14(17(22)19-15)11-20(6-7-21)18(23)16-3-2-8-24-16/h4-5,9-10,16,21H,2-3,6-8,11H2,1H3,(H,19,22). The highest BCUT2D eigenvalue weighted by atomic mass is 16.5. The number of hydrogen-bond acceptors (Lipinski definition) is 4. The van der Waals surface area contributed by atoms with Gasteiger partial charge in [0.25, 0.3) is 11.5 Å². The molecule has 2 heterocycles. The topological polar surface area (TPSA) is 82.6 Å². The molecule has 6 heteroatoms. The first kappa shape index (κ1) is 16.7. The van der Waals surface area contributed by atoms with E-state index in [-0.39, 0.29) is 31.2 Å². The number of benzene rings is 1. The van der Waals surface area contributed by atoms with Crippen molar-refractivity contribution in [3.63, 3.8) is 0 Å². The zero-order valence-corrected chi connectivity index (χ0v) is 13.7. The molecule has 0 aliphatic carbocycles. The van der Waals surface area contributed by atoms with E-state index >= 15 is 0 Å². The first-order valence-electron chi connectivity index (χ1n) is 8.22. The van der Waals surface area contributed by atoms with Gasteiger partial charge in [-0.1, -0.05) is 11.6 Å². The quantitative estimate of drug-likeness (QED) is 0.866. The van der Waals surface area contributed by atoms with Gasteiger partial charge in [-0.15, -0.1) is 0 Å². The molecule has 0 radical (unpaired) electrons.